The molecule has 0 amide bonds. The molecule has 31 heavy (non-hydrogen) atoms. The molecule has 1 spiro atoms. The zero-order chi connectivity index (χ0) is 22.0. The fraction of sp³-hybridized carbons (Fsp3) is 0.630. The van der Waals surface area contributed by atoms with Gasteiger partial charge in [0.25, 0.3) is 0 Å². The second kappa shape index (κ2) is 5.51. The standard InChI is InChI=1S/C27H32O4/c1-23(2)17-10-11-26-13-12-24(3,15-26)19(28)14-18(26)25(17,4)21-20(16-8-6-5-7-9-16)31-22(29)27(21,23)30/h5-9,12-13,17-18,20-21,30H,10-11,14-15H2,1-4H3. The number of carbonyl (C=O) groups excluding carboxylic acids is 2. The van der Waals surface area contributed by atoms with Gasteiger partial charge in [-0.05, 0) is 54.4 Å². The number of aliphatic hydroxyl groups is 1. The summed E-state index contributed by atoms with van der Waals surface area (Å²) in [6.07, 6.45) is 7.35. The molecule has 4 fully saturated rings. The van der Waals surface area contributed by atoms with Crippen LogP contribution in [0.4, 0.5) is 0 Å². The van der Waals surface area contributed by atoms with E-state index in [1.54, 1.807) is 0 Å². The summed E-state index contributed by atoms with van der Waals surface area (Å²) >= 11 is 0. The van der Waals surface area contributed by atoms with Crippen molar-refractivity contribution in [2.45, 2.75) is 65.1 Å². The third-order valence-corrected chi connectivity index (χ3v) is 10.5. The van der Waals surface area contributed by atoms with Gasteiger partial charge in [-0.1, -0.05) is 63.3 Å². The van der Waals surface area contributed by atoms with E-state index in [-0.39, 0.29) is 34.0 Å². The predicted molar refractivity (Wildman–Crippen MR) is 116 cm³/mol. The molecule has 8 atom stereocenters. The summed E-state index contributed by atoms with van der Waals surface area (Å²) < 4.78 is 5.98. The Morgan fingerprint density at radius 1 is 1.00 bits per heavy atom. The third-order valence-electron chi connectivity index (χ3n) is 10.5. The first-order chi connectivity index (χ1) is 14.5. The highest BCUT2D eigenvalue weighted by Crippen LogP contribution is 2.79. The molecule has 8 unspecified atom stereocenters. The van der Waals surface area contributed by atoms with Crippen LogP contribution in [-0.4, -0.2) is 22.5 Å². The topological polar surface area (TPSA) is 63.6 Å². The normalized spacial score (nSPS) is 51.3. The number of hydrogen-bond acceptors (Lipinski definition) is 4. The van der Waals surface area contributed by atoms with E-state index in [1.807, 2.05) is 44.2 Å². The van der Waals surface area contributed by atoms with Crippen molar-refractivity contribution in [3.05, 3.63) is 48.0 Å². The largest absolute Gasteiger partial charge is 0.455 e. The Labute approximate surface area is 184 Å². The van der Waals surface area contributed by atoms with Crippen LogP contribution in [0, 0.1) is 39.4 Å². The van der Waals surface area contributed by atoms with Crippen molar-refractivity contribution in [3.63, 3.8) is 0 Å². The van der Waals surface area contributed by atoms with Gasteiger partial charge in [0, 0.05) is 23.2 Å². The second-order valence-corrected chi connectivity index (χ2v) is 12.0. The molecule has 4 nitrogen and oxygen atoms in total. The summed E-state index contributed by atoms with van der Waals surface area (Å²) in [7, 11) is 0. The fourth-order valence-electron chi connectivity index (χ4n) is 9.16. The van der Waals surface area contributed by atoms with Gasteiger partial charge in [0.1, 0.15) is 11.9 Å². The summed E-state index contributed by atoms with van der Waals surface area (Å²) in [5, 5.41) is 12.2. The van der Waals surface area contributed by atoms with Crippen molar-refractivity contribution in [2.75, 3.05) is 0 Å². The lowest BCUT2D eigenvalue weighted by Gasteiger charge is -2.59. The average Bonchev–Trinajstić information content (AvgIpc) is 3.23. The molecule has 1 aliphatic heterocycles. The zero-order valence-electron chi connectivity index (χ0n) is 18.9. The lowest BCUT2D eigenvalue weighted by molar-refractivity contribution is -0.168. The molecule has 6 rings (SSSR count). The Bertz CT molecular complexity index is 1030. The smallest absolute Gasteiger partial charge is 0.339 e. The van der Waals surface area contributed by atoms with Gasteiger partial charge in [-0.2, -0.15) is 0 Å². The number of Topliss-reactive ketones (excluding diaryl/α,β-unsaturated/α-hetero) is 1. The molecule has 1 aromatic rings. The molecular weight excluding hydrogens is 388 g/mol. The molecule has 1 heterocycles. The first-order valence-electron chi connectivity index (χ1n) is 11.7. The molecule has 4 aliphatic carbocycles. The van der Waals surface area contributed by atoms with Gasteiger partial charge in [-0.3, -0.25) is 4.79 Å². The number of cyclic esters (lactones) is 1. The Hall–Kier alpha value is -1.94. The van der Waals surface area contributed by atoms with Crippen molar-refractivity contribution in [1.29, 1.82) is 0 Å². The number of allylic oxidation sites excluding steroid dienone is 2. The van der Waals surface area contributed by atoms with Gasteiger partial charge < -0.3 is 9.84 Å². The van der Waals surface area contributed by atoms with Gasteiger partial charge in [-0.15, -0.1) is 0 Å². The maximum Gasteiger partial charge on any atom is 0.339 e. The summed E-state index contributed by atoms with van der Waals surface area (Å²) in [6.45, 7) is 8.42. The number of rotatable bonds is 1. The van der Waals surface area contributed by atoms with Crippen LogP contribution in [0.25, 0.3) is 0 Å². The van der Waals surface area contributed by atoms with Gasteiger partial charge in [0.2, 0.25) is 0 Å². The van der Waals surface area contributed by atoms with E-state index in [1.165, 1.54) is 0 Å². The molecule has 3 saturated carbocycles. The first kappa shape index (κ1) is 19.7. The fourth-order valence-corrected chi connectivity index (χ4v) is 9.16. The van der Waals surface area contributed by atoms with E-state index >= 15 is 0 Å². The molecule has 5 aliphatic rings. The predicted octanol–water partition coefficient (Wildman–Crippen LogP) is 4.63. The van der Waals surface area contributed by atoms with E-state index in [0.717, 1.165) is 24.8 Å². The Morgan fingerprint density at radius 3 is 2.42 bits per heavy atom. The highest BCUT2D eigenvalue weighted by molar-refractivity contribution is 5.89. The Kier molecular flexibility index (Phi) is 3.51. The molecular formula is C27H32O4. The van der Waals surface area contributed by atoms with Crippen LogP contribution >= 0.6 is 0 Å². The van der Waals surface area contributed by atoms with Crippen LogP contribution in [0.1, 0.15) is 65.0 Å². The minimum Gasteiger partial charge on any atom is -0.455 e. The van der Waals surface area contributed by atoms with E-state index in [0.29, 0.717) is 12.2 Å². The maximum atomic E-state index is 13.3. The molecule has 4 heteroatoms. The molecule has 1 N–H and O–H groups in total. The van der Waals surface area contributed by atoms with Crippen molar-refractivity contribution in [3.8, 4) is 0 Å². The molecule has 1 aromatic carbocycles. The number of ketones is 1. The van der Waals surface area contributed by atoms with Crippen LogP contribution in [-0.2, 0) is 14.3 Å². The second-order valence-electron chi connectivity index (χ2n) is 12.0. The third kappa shape index (κ3) is 1.98. The molecule has 0 aromatic heterocycles. The van der Waals surface area contributed by atoms with E-state index < -0.39 is 23.1 Å². The minimum atomic E-state index is -1.55. The number of ether oxygens (including phenoxy) is 1. The monoisotopic (exact) mass is 420 g/mol. The summed E-state index contributed by atoms with van der Waals surface area (Å²) in [5.41, 5.74) is -2.00. The Balaban J connectivity index is 1.57. The van der Waals surface area contributed by atoms with Crippen LogP contribution in [0.2, 0.25) is 0 Å². The zero-order valence-corrected chi connectivity index (χ0v) is 18.9. The van der Waals surface area contributed by atoms with Crippen molar-refractivity contribution < 1.29 is 19.4 Å². The highest BCUT2D eigenvalue weighted by atomic mass is 16.6. The molecule has 1 saturated heterocycles. The summed E-state index contributed by atoms with van der Waals surface area (Å²) in [4.78, 5) is 26.6. The number of hydrogen-bond donors (Lipinski definition) is 1. The molecule has 2 bridgehead atoms. The van der Waals surface area contributed by atoms with Crippen LogP contribution in [0.15, 0.2) is 42.5 Å². The Morgan fingerprint density at radius 2 is 1.71 bits per heavy atom. The number of fused-ring (bicyclic) bond motifs is 5. The quantitative estimate of drug-likeness (QED) is 0.531. The van der Waals surface area contributed by atoms with Gasteiger partial charge in [-0.25, -0.2) is 4.79 Å². The van der Waals surface area contributed by atoms with E-state index in [2.05, 4.69) is 26.0 Å². The van der Waals surface area contributed by atoms with Gasteiger partial charge in [0.15, 0.2) is 5.60 Å². The minimum absolute atomic E-state index is 0.0257. The summed E-state index contributed by atoms with van der Waals surface area (Å²) in [5.74, 6) is -0.301. The van der Waals surface area contributed by atoms with Gasteiger partial charge >= 0.3 is 5.97 Å². The molecule has 0 radical (unpaired) electrons. The average molecular weight is 421 g/mol. The lowest BCUT2D eigenvalue weighted by atomic mass is 9.44. The van der Waals surface area contributed by atoms with Crippen LogP contribution in [0.5, 0.6) is 0 Å². The highest BCUT2D eigenvalue weighted by Gasteiger charge is 2.82. The van der Waals surface area contributed by atoms with Gasteiger partial charge in [0.05, 0.1) is 0 Å². The maximum absolute atomic E-state index is 13.3. The van der Waals surface area contributed by atoms with Crippen LogP contribution < -0.4 is 0 Å². The number of carbonyl (C=O) groups is 2. The summed E-state index contributed by atoms with van der Waals surface area (Å²) in [6, 6.07) is 9.85. The SMILES string of the molecule is CC12C=CC3(CCC4C(C)(C3CC1=O)C1C(c3ccccc3)OC(=O)C1(O)C4(C)C)C2. The first-order valence-corrected chi connectivity index (χ1v) is 11.7. The number of benzene rings is 1. The van der Waals surface area contributed by atoms with E-state index in [9.17, 15) is 14.7 Å². The van der Waals surface area contributed by atoms with Crippen molar-refractivity contribution >= 4 is 11.8 Å². The molecule has 164 valence electrons. The van der Waals surface area contributed by atoms with Crippen molar-refractivity contribution in [1.82, 2.24) is 0 Å². The number of esters is 1. The van der Waals surface area contributed by atoms with E-state index in [4.69, 9.17) is 4.74 Å². The van der Waals surface area contributed by atoms with Crippen LogP contribution in [0.3, 0.4) is 0 Å². The lowest BCUT2D eigenvalue weighted by Crippen LogP contribution is -2.56. The van der Waals surface area contributed by atoms with Crippen molar-refractivity contribution in [2.24, 2.45) is 39.4 Å².